The highest BCUT2D eigenvalue weighted by Gasteiger charge is 2.34. The molecule has 0 amide bonds. The lowest BCUT2D eigenvalue weighted by Gasteiger charge is -2.40. The van der Waals surface area contributed by atoms with Crippen LogP contribution >= 0.6 is 0 Å². The van der Waals surface area contributed by atoms with Gasteiger partial charge >= 0.3 is 0 Å². The molecule has 1 rings (SSSR count). The predicted molar refractivity (Wildman–Crippen MR) is 123 cm³/mol. The maximum Gasteiger partial charge on any atom is 0.191 e. The minimum absolute atomic E-state index is 0.207. The Morgan fingerprint density at radius 3 is 2.57 bits per heavy atom. The minimum atomic E-state index is 0.207. The highest BCUT2D eigenvalue weighted by atomic mass is 16.5. The molecule has 3 nitrogen and oxygen atoms in total. The fourth-order valence-corrected chi connectivity index (χ4v) is 4.30. The number of aliphatic imine (C=N–C) groups is 1. The lowest BCUT2D eigenvalue weighted by Crippen LogP contribution is -2.28. The summed E-state index contributed by atoms with van der Waals surface area (Å²) >= 11 is 0. The van der Waals surface area contributed by atoms with Gasteiger partial charge in [-0.05, 0) is 74.5 Å². The summed E-state index contributed by atoms with van der Waals surface area (Å²) in [5.41, 5.74) is 7.73. The van der Waals surface area contributed by atoms with Gasteiger partial charge in [0.05, 0.1) is 0 Å². The van der Waals surface area contributed by atoms with Crippen molar-refractivity contribution < 1.29 is 4.74 Å². The van der Waals surface area contributed by atoms with Crippen LogP contribution in [0.4, 0.5) is 0 Å². The van der Waals surface area contributed by atoms with Crippen LogP contribution in [0, 0.1) is 17.3 Å². The Labute approximate surface area is 173 Å². The molecule has 0 aromatic carbocycles. The van der Waals surface area contributed by atoms with E-state index in [0.717, 1.165) is 24.0 Å². The van der Waals surface area contributed by atoms with Gasteiger partial charge in [0.1, 0.15) is 5.76 Å². The Bertz CT molecular complexity index is 622. The topological polar surface area (TPSA) is 47.6 Å². The second-order valence-electron chi connectivity index (χ2n) is 8.52. The highest BCUT2D eigenvalue weighted by molar-refractivity contribution is 5.75. The second-order valence-corrected chi connectivity index (χ2v) is 8.52. The summed E-state index contributed by atoms with van der Waals surface area (Å²) in [6.45, 7) is 17.2. The van der Waals surface area contributed by atoms with Crippen molar-refractivity contribution in [3.63, 3.8) is 0 Å². The van der Waals surface area contributed by atoms with Crippen molar-refractivity contribution in [2.24, 2.45) is 28.0 Å². The summed E-state index contributed by atoms with van der Waals surface area (Å²) in [7, 11) is 0. The fraction of sp³-hybridized carbons (Fsp3) is 0.640. The molecule has 28 heavy (non-hydrogen) atoms. The largest absolute Gasteiger partial charge is 0.444 e. The molecular formula is C25H42N2O. The van der Waals surface area contributed by atoms with Gasteiger partial charge in [-0.25, -0.2) is 4.99 Å². The Morgan fingerprint density at radius 1 is 1.29 bits per heavy atom. The van der Waals surface area contributed by atoms with Crippen molar-refractivity contribution in [3.8, 4) is 0 Å². The zero-order valence-corrected chi connectivity index (χ0v) is 19.1. The van der Waals surface area contributed by atoms with Gasteiger partial charge in [-0.3, -0.25) is 0 Å². The van der Waals surface area contributed by atoms with Gasteiger partial charge in [-0.1, -0.05) is 52.7 Å². The Hall–Kier alpha value is -1.77. The number of allylic oxidation sites excluding steroid dienone is 5. The van der Waals surface area contributed by atoms with E-state index in [1.54, 1.807) is 13.1 Å². The van der Waals surface area contributed by atoms with E-state index in [4.69, 9.17) is 10.5 Å². The molecule has 158 valence electrons. The van der Waals surface area contributed by atoms with Crippen LogP contribution in [0.5, 0.6) is 0 Å². The van der Waals surface area contributed by atoms with Crippen molar-refractivity contribution in [3.05, 3.63) is 48.0 Å². The van der Waals surface area contributed by atoms with Crippen LogP contribution < -0.4 is 5.73 Å². The van der Waals surface area contributed by atoms with E-state index >= 15 is 0 Å². The van der Waals surface area contributed by atoms with E-state index in [0.29, 0.717) is 11.6 Å². The Morgan fingerprint density at radius 2 is 2.00 bits per heavy atom. The maximum absolute atomic E-state index is 5.84. The third-order valence-electron chi connectivity index (χ3n) is 6.15. The normalized spacial score (nSPS) is 28.1. The van der Waals surface area contributed by atoms with Gasteiger partial charge in [0, 0.05) is 18.8 Å². The third kappa shape index (κ3) is 7.69. The van der Waals surface area contributed by atoms with Crippen LogP contribution in [0.2, 0.25) is 0 Å². The van der Waals surface area contributed by atoms with Gasteiger partial charge in [-0.15, -0.1) is 0 Å². The molecule has 3 heteroatoms. The molecule has 0 heterocycles. The molecular weight excluding hydrogens is 344 g/mol. The summed E-state index contributed by atoms with van der Waals surface area (Å²) in [5, 5.41) is 0. The molecule has 1 aliphatic rings. The van der Waals surface area contributed by atoms with Gasteiger partial charge in [0.15, 0.2) is 5.90 Å². The van der Waals surface area contributed by atoms with Crippen molar-refractivity contribution in [2.75, 3.05) is 0 Å². The van der Waals surface area contributed by atoms with Gasteiger partial charge < -0.3 is 10.5 Å². The van der Waals surface area contributed by atoms with Crippen molar-refractivity contribution in [1.82, 2.24) is 0 Å². The molecule has 0 aromatic rings. The van der Waals surface area contributed by atoms with Crippen LogP contribution in [0.3, 0.4) is 0 Å². The first kappa shape index (κ1) is 24.3. The average molecular weight is 387 g/mol. The van der Waals surface area contributed by atoms with Crippen LogP contribution in [0.15, 0.2) is 53.0 Å². The summed E-state index contributed by atoms with van der Waals surface area (Å²) in [5.74, 6) is 2.99. The molecule has 0 saturated heterocycles. The lowest BCUT2D eigenvalue weighted by molar-refractivity contribution is 0.178. The number of rotatable bonds is 7. The smallest absolute Gasteiger partial charge is 0.191 e. The Balaban J connectivity index is 2.93. The standard InChI is InChI=1S/C25H42N2O/c1-8-23-16-19(4)12-11-15-25(10-3,17-23)20(5)13-14-24(9-2)28-22(7)27-18-21(6)26/h9,13-14,18-19,23H,5,8,10-12,15-17,26H2,1-4,6-7H3/b14-13-,21-18+,24-9+,27-22+. The quantitative estimate of drug-likeness (QED) is 0.216. The third-order valence-corrected chi connectivity index (χ3v) is 6.15. The monoisotopic (exact) mass is 386 g/mol. The molecule has 0 spiro atoms. The van der Waals surface area contributed by atoms with Crippen LogP contribution in [-0.2, 0) is 4.74 Å². The zero-order chi connectivity index (χ0) is 21.2. The summed E-state index contributed by atoms with van der Waals surface area (Å²) < 4.78 is 5.84. The molecule has 0 aliphatic heterocycles. The van der Waals surface area contributed by atoms with E-state index < -0.39 is 0 Å². The maximum atomic E-state index is 5.84. The number of hydrogen-bond acceptors (Lipinski definition) is 3. The van der Waals surface area contributed by atoms with Crippen molar-refractivity contribution >= 4 is 5.90 Å². The van der Waals surface area contributed by atoms with E-state index in [1.807, 2.05) is 26.0 Å². The first-order valence-corrected chi connectivity index (χ1v) is 10.9. The highest BCUT2D eigenvalue weighted by Crippen LogP contribution is 2.46. The van der Waals surface area contributed by atoms with Gasteiger partial charge in [0.25, 0.3) is 0 Å². The van der Waals surface area contributed by atoms with Crippen LogP contribution in [-0.4, -0.2) is 5.90 Å². The second kappa shape index (κ2) is 11.9. The summed E-state index contributed by atoms with van der Waals surface area (Å²) in [6.07, 6.45) is 16.6. The molecule has 1 saturated carbocycles. The van der Waals surface area contributed by atoms with E-state index in [-0.39, 0.29) is 5.41 Å². The number of ether oxygens (including phenoxy) is 1. The molecule has 3 unspecified atom stereocenters. The van der Waals surface area contributed by atoms with Crippen LogP contribution in [0.25, 0.3) is 0 Å². The molecule has 1 fully saturated rings. The fourth-order valence-electron chi connectivity index (χ4n) is 4.30. The number of nitrogens with two attached hydrogens (primary N) is 1. The van der Waals surface area contributed by atoms with E-state index in [2.05, 4.69) is 38.4 Å². The molecule has 3 atom stereocenters. The van der Waals surface area contributed by atoms with Crippen molar-refractivity contribution in [1.29, 1.82) is 0 Å². The number of nitrogens with zero attached hydrogens (tertiary/aromatic N) is 1. The lowest BCUT2D eigenvalue weighted by atomic mass is 9.65. The summed E-state index contributed by atoms with van der Waals surface area (Å²) in [6, 6.07) is 0. The SMILES string of the molecule is C=C(/C=C\C(=C/C)O/C(C)=N/C=C(\C)N)C1(CC)CCCC(C)CC(CC)C1. The van der Waals surface area contributed by atoms with Crippen molar-refractivity contribution in [2.45, 2.75) is 86.5 Å². The number of hydrogen-bond donors (Lipinski definition) is 1. The molecule has 2 N–H and O–H groups in total. The van der Waals surface area contributed by atoms with E-state index in [1.165, 1.54) is 44.1 Å². The summed E-state index contributed by atoms with van der Waals surface area (Å²) in [4.78, 5) is 4.22. The predicted octanol–water partition coefficient (Wildman–Crippen LogP) is 7.28. The van der Waals surface area contributed by atoms with Gasteiger partial charge in [-0.2, -0.15) is 0 Å². The minimum Gasteiger partial charge on any atom is -0.444 e. The zero-order valence-electron chi connectivity index (χ0n) is 19.1. The van der Waals surface area contributed by atoms with Gasteiger partial charge in [0.2, 0.25) is 0 Å². The molecule has 0 bridgehead atoms. The molecule has 0 radical (unpaired) electrons. The van der Waals surface area contributed by atoms with E-state index in [9.17, 15) is 0 Å². The first-order valence-electron chi connectivity index (χ1n) is 10.9. The molecule has 1 aliphatic carbocycles. The average Bonchev–Trinajstić information content (AvgIpc) is 2.65. The molecule has 0 aromatic heterocycles. The Kier molecular flexibility index (Phi) is 10.3. The van der Waals surface area contributed by atoms with Crippen LogP contribution in [0.1, 0.15) is 86.5 Å². The first-order chi connectivity index (χ1) is 13.3.